The fourth-order valence-corrected chi connectivity index (χ4v) is 1.51. The van der Waals surface area contributed by atoms with Crippen molar-refractivity contribution in [2.75, 3.05) is 11.1 Å². The smallest absolute Gasteiger partial charge is 0.277 e. The second kappa shape index (κ2) is 4.29. The number of hydrogen-bond donors (Lipinski definition) is 2. The molecule has 1 heterocycles. The third kappa shape index (κ3) is 2.28. The van der Waals surface area contributed by atoms with Crippen molar-refractivity contribution in [3.05, 3.63) is 41.3 Å². The molecule has 1 amide bonds. The number of aryl methyl sites for hydroxylation is 2. The second-order valence-corrected chi connectivity index (χ2v) is 3.82. The first-order chi connectivity index (χ1) is 8.08. The van der Waals surface area contributed by atoms with Crippen LogP contribution in [0.5, 0.6) is 0 Å². The molecular weight excluding hydrogens is 218 g/mol. The number of carbonyl (C=O) groups excluding carboxylic acids is 1. The molecule has 1 aromatic carbocycles. The number of anilines is 2. The summed E-state index contributed by atoms with van der Waals surface area (Å²) in [5, 5.41) is 6.37. The van der Waals surface area contributed by atoms with Crippen LogP contribution >= 0.6 is 0 Å². The fourth-order valence-electron chi connectivity index (χ4n) is 1.51. The van der Waals surface area contributed by atoms with E-state index in [-0.39, 0.29) is 11.6 Å². The average molecular weight is 231 g/mol. The van der Waals surface area contributed by atoms with Gasteiger partial charge in [-0.2, -0.15) is 0 Å². The number of amides is 1. The summed E-state index contributed by atoms with van der Waals surface area (Å²) < 4.78 is 4.84. The number of rotatable bonds is 2. The van der Waals surface area contributed by atoms with E-state index < -0.39 is 0 Å². The number of aromatic nitrogens is 1. The molecule has 2 aromatic rings. The highest BCUT2D eigenvalue weighted by Crippen LogP contribution is 2.23. The van der Waals surface area contributed by atoms with Crippen LogP contribution in [-0.2, 0) is 0 Å². The molecule has 0 aliphatic carbocycles. The third-order valence-corrected chi connectivity index (χ3v) is 2.40. The molecule has 0 radical (unpaired) electrons. The van der Waals surface area contributed by atoms with Crippen LogP contribution in [0.15, 0.2) is 28.8 Å². The van der Waals surface area contributed by atoms with Crippen molar-refractivity contribution in [2.24, 2.45) is 0 Å². The van der Waals surface area contributed by atoms with Crippen LogP contribution in [0.1, 0.15) is 21.8 Å². The summed E-state index contributed by atoms with van der Waals surface area (Å²) in [6, 6.07) is 7.01. The molecule has 0 saturated carbocycles. The van der Waals surface area contributed by atoms with Gasteiger partial charge in [0, 0.05) is 6.07 Å². The lowest BCUT2D eigenvalue weighted by atomic mass is 10.1. The number of para-hydroxylation sites is 1. The van der Waals surface area contributed by atoms with Crippen molar-refractivity contribution in [3.8, 4) is 0 Å². The zero-order chi connectivity index (χ0) is 12.4. The van der Waals surface area contributed by atoms with Gasteiger partial charge in [-0.25, -0.2) is 0 Å². The zero-order valence-corrected chi connectivity index (χ0v) is 9.65. The second-order valence-electron chi connectivity index (χ2n) is 3.82. The van der Waals surface area contributed by atoms with Gasteiger partial charge in [0.15, 0.2) is 5.69 Å². The molecule has 1 aromatic heterocycles. The predicted molar refractivity (Wildman–Crippen MR) is 64.8 cm³/mol. The number of carbonyl (C=O) groups is 1. The van der Waals surface area contributed by atoms with Gasteiger partial charge in [0.05, 0.1) is 11.4 Å². The molecule has 2 rings (SSSR count). The van der Waals surface area contributed by atoms with E-state index in [2.05, 4.69) is 10.5 Å². The van der Waals surface area contributed by atoms with E-state index >= 15 is 0 Å². The Morgan fingerprint density at radius 2 is 2.18 bits per heavy atom. The quantitative estimate of drug-likeness (QED) is 0.776. The lowest BCUT2D eigenvalue weighted by Gasteiger charge is -2.09. The Balaban J connectivity index is 2.24. The molecule has 0 fully saturated rings. The standard InChI is InChI=1S/C12H13N3O2/c1-7-4-3-5-9(13)11(7)14-12(16)10-6-8(2)17-15-10/h3-6H,13H2,1-2H3,(H,14,16). The van der Waals surface area contributed by atoms with E-state index in [9.17, 15) is 4.79 Å². The Morgan fingerprint density at radius 1 is 1.41 bits per heavy atom. The summed E-state index contributed by atoms with van der Waals surface area (Å²) in [6.07, 6.45) is 0. The number of hydrogen-bond acceptors (Lipinski definition) is 4. The molecule has 0 atom stereocenters. The van der Waals surface area contributed by atoms with Crippen molar-refractivity contribution in [3.63, 3.8) is 0 Å². The molecule has 0 aliphatic heterocycles. The number of nitrogens with one attached hydrogen (secondary N) is 1. The highest BCUT2D eigenvalue weighted by molar-refractivity contribution is 6.04. The molecule has 88 valence electrons. The third-order valence-electron chi connectivity index (χ3n) is 2.40. The van der Waals surface area contributed by atoms with Crippen LogP contribution in [0, 0.1) is 13.8 Å². The summed E-state index contributed by atoms with van der Waals surface area (Å²) in [4.78, 5) is 11.8. The van der Waals surface area contributed by atoms with E-state index in [1.165, 1.54) is 0 Å². The van der Waals surface area contributed by atoms with Gasteiger partial charge < -0.3 is 15.6 Å². The molecule has 5 heteroatoms. The number of nitrogens with two attached hydrogens (primary N) is 1. The monoisotopic (exact) mass is 231 g/mol. The molecular formula is C12H13N3O2. The Bertz CT molecular complexity index is 540. The summed E-state index contributed by atoms with van der Waals surface area (Å²) in [5.74, 6) is 0.260. The normalized spacial score (nSPS) is 10.2. The lowest BCUT2D eigenvalue weighted by molar-refractivity contribution is 0.101. The van der Waals surface area contributed by atoms with Gasteiger partial charge in [0.1, 0.15) is 5.76 Å². The maximum atomic E-state index is 11.8. The molecule has 0 unspecified atom stereocenters. The van der Waals surface area contributed by atoms with Gasteiger partial charge in [-0.15, -0.1) is 0 Å². The van der Waals surface area contributed by atoms with Crippen LogP contribution in [0.4, 0.5) is 11.4 Å². The largest absolute Gasteiger partial charge is 0.397 e. The van der Waals surface area contributed by atoms with E-state index in [0.29, 0.717) is 17.1 Å². The molecule has 0 saturated heterocycles. The summed E-state index contributed by atoms with van der Waals surface area (Å²) in [5.41, 5.74) is 8.07. The van der Waals surface area contributed by atoms with Crippen molar-refractivity contribution in [1.82, 2.24) is 5.16 Å². The van der Waals surface area contributed by atoms with Crippen molar-refractivity contribution < 1.29 is 9.32 Å². The van der Waals surface area contributed by atoms with Crippen LogP contribution in [0.3, 0.4) is 0 Å². The maximum absolute atomic E-state index is 11.8. The summed E-state index contributed by atoms with van der Waals surface area (Å²) in [6.45, 7) is 3.60. The van der Waals surface area contributed by atoms with Gasteiger partial charge in [-0.05, 0) is 25.5 Å². The van der Waals surface area contributed by atoms with Crippen molar-refractivity contribution >= 4 is 17.3 Å². The molecule has 0 spiro atoms. The first-order valence-electron chi connectivity index (χ1n) is 5.17. The summed E-state index contributed by atoms with van der Waals surface area (Å²) >= 11 is 0. The first kappa shape index (κ1) is 11.2. The zero-order valence-electron chi connectivity index (χ0n) is 9.65. The minimum absolute atomic E-state index is 0.241. The summed E-state index contributed by atoms with van der Waals surface area (Å²) in [7, 11) is 0. The Labute approximate surface area is 98.6 Å². The minimum atomic E-state index is -0.331. The Hall–Kier alpha value is -2.30. The number of nitrogen functional groups attached to an aromatic ring is 1. The van der Waals surface area contributed by atoms with Crippen molar-refractivity contribution in [1.29, 1.82) is 0 Å². The van der Waals surface area contributed by atoms with E-state index in [1.54, 1.807) is 19.1 Å². The van der Waals surface area contributed by atoms with E-state index in [0.717, 1.165) is 5.56 Å². The van der Waals surface area contributed by atoms with Gasteiger partial charge in [-0.1, -0.05) is 17.3 Å². The van der Waals surface area contributed by atoms with Crippen LogP contribution in [0.2, 0.25) is 0 Å². The molecule has 3 N–H and O–H groups in total. The van der Waals surface area contributed by atoms with Gasteiger partial charge in [-0.3, -0.25) is 4.79 Å². The van der Waals surface area contributed by atoms with Crippen LogP contribution in [-0.4, -0.2) is 11.1 Å². The Morgan fingerprint density at radius 3 is 2.76 bits per heavy atom. The SMILES string of the molecule is Cc1cc(C(=O)Nc2c(C)cccc2N)no1. The number of nitrogens with zero attached hydrogens (tertiary/aromatic N) is 1. The van der Waals surface area contributed by atoms with Gasteiger partial charge in [0.25, 0.3) is 5.91 Å². The van der Waals surface area contributed by atoms with Crippen molar-refractivity contribution in [2.45, 2.75) is 13.8 Å². The number of benzene rings is 1. The Kier molecular flexibility index (Phi) is 2.82. The van der Waals surface area contributed by atoms with Crippen LogP contribution in [0.25, 0.3) is 0 Å². The minimum Gasteiger partial charge on any atom is -0.397 e. The molecule has 17 heavy (non-hydrogen) atoms. The van der Waals surface area contributed by atoms with Crippen LogP contribution < -0.4 is 11.1 Å². The average Bonchev–Trinajstić information content (AvgIpc) is 2.70. The topological polar surface area (TPSA) is 81.2 Å². The van der Waals surface area contributed by atoms with Gasteiger partial charge >= 0.3 is 0 Å². The highest BCUT2D eigenvalue weighted by atomic mass is 16.5. The predicted octanol–water partition coefficient (Wildman–Crippen LogP) is 2.13. The molecule has 0 bridgehead atoms. The highest BCUT2D eigenvalue weighted by Gasteiger charge is 2.13. The van der Waals surface area contributed by atoms with Gasteiger partial charge in [0.2, 0.25) is 0 Å². The molecule has 0 aliphatic rings. The van der Waals surface area contributed by atoms with E-state index in [4.69, 9.17) is 10.3 Å². The fraction of sp³-hybridized carbons (Fsp3) is 0.167. The molecule has 5 nitrogen and oxygen atoms in total. The first-order valence-corrected chi connectivity index (χ1v) is 5.17. The lowest BCUT2D eigenvalue weighted by Crippen LogP contribution is -2.14. The maximum Gasteiger partial charge on any atom is 0.277 e. The van der Waals surface area contributed by atoms with E-state index in [1.807, 2.05) is 19.1 Å².